The zero-order chi connectivity index (χ0) is 18.8. The van der Waals surface area contributed by atoms with E-state index in [4.69, 9.17) is 5.73 Å². The molecule has 5 rings (SSSR count). The zero-order valence-electron chi connectivity index (χ0n) is 15.6. The number of rotatable bonds is 2. The van der Waals surface area contributed by atoms with Crippen molar-refractivity contribution >= 4 is 5.91 Å². The van der Waals surface area contributed by atoms with Crippen LogP contribution in [0.4, 0.5) is 0 Å². The van der Waals surface area contributed by atoms with Crippen molar-refractivity contribution < 1.29 is 4.79 Å². The molecule has 2 N–H and O–H groups in total. The number of hydrogen-bond donors (Lipinski definition) is 1. The molecule has 2 aromatic rings. The minimum Gasteiger partial charge on any atom is -0.340 e. The first-order valence-corrected chi connectivity index (χ1v) is 9.76. The maximum absolute atomic E-state index is 13.1. The Bertz CT molecular complexity index is 971. The number of nitrogens with two attached hydrogens (primary N) is 1. The minimum atomic E-state index is -0.645. The van der Waals surface area contributed by atoms with Crippen LogP contribution >= 0.6 is 0 Å². The highest BCUT2D eigenvalue weighted by Gasteiger charge is 2.46. The molecule has 2 fully saturated rings. The summed E-state index contributed by atoms with van der Waals surface area (Å²) < 4.78 is 3.78. The SMILES string of the molecule is Cn1ccnc1-c1ccc2n(c1=O)C[C@H]1C[C@@H]2CN(C(=O)C2(N)CCC2)C1. The molecule has 2 bridgehead atoms. The second kappa shape index (κ2) is 5.79. The van der Waals surface area contributed by atoms with E-state index < -0.39 is 5.54 Å². The Morgan fingerprint density at radius 3 is 2.74 bits per heavy atom. The summed E-state index contributed by atoms with van der Waals surface area (Å²) in [5.74, 6) is 1.30. The van der Waals surface area contributed by atoms with Crippen LogP contribution in [0.1, 0.15) is 37.3 Å². The van der Waals surface area contributed by atoms with Crippen molar-refractivity contribution in [1.29, 1.82) is 0 Å². The van der Waals surface area contributed by atoms with Gasteiger partial charge >= 0.3 is 0 Å². The lowest BCUT2D eigenvalue weighted by Crippen LogP contribution is -2.62. The molecular formula is C20H25N5O2. The molecule has 0 radical (unpaired) electrons. The number of piperidine rings is 1. The van der Waals surface area contributed by atoms with Crippen LogP contribution in [0.25, 0.3) is 11.4 Å². The van der Waals surface area contributed by atoms with E-state index in [9.17, 15) is 9.59 Å². The van der Waals surface area contributed by atoms with Gasteiger partial charge in [-0.3, -0.25) is 9.59 Å². The van der Waals surface area contributed by atoms with Crippen LogP contribution in [0.2, 0.25) is 0 Å². The van der Waals surface area contributed by atoms with Gasteiger partial charge in [0.1, 0.15) is 5.82 Å². The molecule has 27 heavy (non-hydrogen) atoms. The van der Waals surface area contributed by atoms with Gasteiger partial charge < -0.3 is 19.8 Å². The Morgan fingerprint density at radius 1 is 1.26 bits per heavy atom. The van der Waals surface area contributed by atoms with Gasteiger partial charge in [-0.25, -0.2) is 4.98 Å². The van der Waals surface area contributed by atoms with Crippen molar-refractivity contribution in [3.63, 3.8) is 0 Å². The van der Waals surface area contributed by atoms with Gasteiger partial charge in [-0.1, -0.05) is 0 Å². The van der Waals surface area contributed by atoms with E-state index in [-0.39, 0.29) is 17.4 Å². The summed E-state index contributed by atoms with van der Waals surface area (Å²) >= 11 is 0. The van der Waals surface area contributed by atoms with E-state index in [1.54, 1.807) is 6.20 Å². The third-order valence-corrected chi connectivity index (χ3v) is 6.63. The fourth-order valence-electron chi connectivity index (χ4n) is 4.99. The van der Waals surface area contributed by atoms with Crippen LogP contribution in [0.3, 0.4) is 0 Å². The first-order chi connectivity index (χ1) is 13.0. The molecule has 0 aromatic carbocycles. The molecular weight excluding hydrogens is 342 g/mol. The molecule has 2 atom stereocenters. The topological polar surface area (TPSA) is 86.2 Å². The van der Waals surface area contributed by atoms with E-state index in [0.29, 0.717) is 36.9 Å². The van der Waals surface area contributed by atoms with Crippen LogP contribution < -0.4 is 11.3 Å². The number of carbonyl (C=O) groups excluding carboxylic acids is 1. The van der Waals surface area contributed by atoms with E-state index in [0.717, 1.165) is 31.4 Å². The van der Waals surface area contributed by atoms with Crippen molar-refractivity contribution in [3.05, 3.63) is 40.6 Å². The molecule has 1 saturated carbocycles. The molecule has 2 aromatic heterocycles. The van der Waals surface area contributed by atoms with Gasteiger partial charge in [-0.05, 0) is 43.7 Å². The van der Waals surface area contributed by atoms with Gasteiger partial charge in [0.2, 0.25) is 5.91 Å². The van der Waals surface area contributed by atoms with Gasteiger partial charge in [-0.15, -0.1) is 0 Å². The van der Waals surface area contributed by atoms with E-state index in [2.05, 4.69) is 4.98 Å². The Balaban J connectivity index is 1.48. The Kier molecular flexibility index (Phi) is 3.59. The molecule has 1 amide bonds. The largest absolute Gasteiger partial charge is 0.340 e. The summed E-state index contributed by atoms with van der Waals surface area (Å²) in [6.07, 6.45) is 7.21. The number of likely N-dealkylation sites (tertiary alicyclic amines) is 1. The summed E-state index contributed by atoms with van der Waals surface area (Å²) in [4.78, 5) is 32.3. The van der Waals surface area contributed by atoms with Crippen LogP contribution in [-0.2, 0) is 18.4 Å². The van der Waals surface area contributed by atoms with Gasteiger partial charge in [0.25, 0.3) is 5.56 Å². The molecule has 0 unspecified atom stereocenters. The van der Waals surface area contributed by atoms with E-state index >= 15 is 0 Å². The number of hydrogen-bond acceptors (Lipinski definition) is 4. The Labute approximate surface area is 157 Å². The lowest BCUT2D eigenvalue weighted by Gasteiger charge is -2.47. The highest BCUT2D eigenvalue weighted by atomic mass is 16.2. The number of pyridine rings is 1. The normalized spacial score (nSPS) is 25.6. The molecule has 0 spiro atoms. The highest BCUT2D eigenvalue weighted by Crippen LogP contribution is 2.38. The van der Waals surface area contributed by atoms with E-state index in [1.165, 1.54) is 0 Å². The van der Waals surface area contributed by atoms with Gasteiger partial charge in [0.15, 0.2) is 0 Å². The monoisotopic (exact) mass is 367 g/mol. The molecule has 7 heteroatoms. The number of aromatic nitrogens is 3. The average Bonchev–Trinajstić information content (AvgIpc) is 3.05. The number of imidazole rings is 1. The van der Waals surface area contributed by atoms with Crippen molar-refractivity contribution in [2.24, 2.45) is 18.7 Å². The summed E-state index contributed by atoms with van der Waals surface area (Å²) in [5.41, 5.74) is 7.32. The molecule has 142 valence electrons. The fourth-order valence-corrected chi connectivity index (χ4v) is 4.99. The van der Waals surface area contributed by atoms with Crippen molar-refractivity contribution in [2.45, 2.75) is 43.7 Å². The molecule has 7 nitrogen and oxygen atoms in total. The summed E-state index contributed by atoms with van der Waals surface area (Å²) in [6, 6.07) is 3.93. The first-order valence-electron chi connectivity index (χ1n) is 9.76. The lowest BCUT2D eigenvalue weighted by atomic mass is 9.75. The molecule has 1 saturated heterocycles. The fraction of sp³-hybridized carbons (Fsp3) is 0.550. The van der Waals surface area contributed by atoms with E-state index in [1.807, 2.05) is 39.4 Å². The van der Waals surface area contributed by atoms with Crippen LogP contribution in [0.5, 0.6) is 0 Å². The second-order valence-electron chi connectivity index (χ2n) is 8.47. The van der Waals surface area contributed by atoms with Crippen LogP contribution in [0, 0.1) is 5.92 Å². The van der Waals surface area contributed by atoms with Crippen molar-refractivity contribution in [1.82, 2.24) is 19.0 Å². The predicted molar refractivity (Wildman–Crippen MR) is 101 cm³/mol. The smallest absolute Gasteiger partial charge is 0.261 e. The maximum atomic E-state index is 13.1. The molecule has 1 aliphatic carbocycles. The zero-order valence-corrected chi connectivity index (χ0v) is 15.6. The standard InChI is InChI=1S/C20H25N5O2/c1-23-8-7-22-17(23)15-3-4-16-14-9-13(11-25(16)18(15)26)10-24(12-14)19(27)20(21)5-2-6-20/h3-4,7-8,13-14H,2,5-6,9-12,21H2,1H3/t13-,14+/m0/s1. The second-order valence-corrected chi connectivity index (χ2v) is 8.47. The third kappa shape index (κ3) is 2.48. The predicted octanol–water partition coefficient (Wildman–Crippen LogP) is 1.08. The van der Waals surface area contributed by atoms with Crippen molar-refractivity contribution in [2.75, 3.05) is 13.1 Å². The number of nitrogens with zero attached hydrogens (tertiary/aromatic N) is 4. The first kappa shape index (κ1) is 16.7. The lowest BCUT2D eigenvalue weighted by molar-refractivity contribution is -0.143. The quantitative estimate of drug-likeness (QED) is 0.860. The number of fused-ring (bicyclic) bond motifs is 4. The average molecular weight is 367 g/mol. The third-order valence-electron chi connectivity index (χ3n) is 6.63. The van der Waals surface area contributed by atoms with Crippen LogP contribution in [0.15, 0.2) is 29.3 Å². The van der Waals surface area contributed by atoms with Crippen LogP contribution in [-0.4, -0.2) is 43.6 Å². The van der Waals surface area contributed by atoms with Gasteiger partial charge in [-0.2, -0.15) is 0 Å². The number of amides is 1. The summed E-state index contributed by atoms with van der Waals surface area (Å²) in [5, 5.41) is 0. The highest BCUT2D eigenvalue weighted by molar-refractivity contribution is 5.87. The summed E-state index contributed by atoms with van der Waals surface area (Å²) in [6.45, 7) is 2.02. The number of aryl methyl sites for hydroxylation is 1. The van der Waals surface area contributed by atoms with Crippen molar-refractivity contribution in [3.8, 4) is 11.4 Å². The van der Waals surface area contributed by atoms with Gasteiger partial charge in [0.05, 0.1) is 11.1 Å². The maximum Gasteiger partial charge on any atom is 0.261 e. The molecule has 4 heterocycles. The summed E-state index contributed by atoms with van der Waals surface area (Å²) in [7, 11) is 1.90. The molecule has 3 aliphatic rings. The number of carbonyl (C=O) groups is 1. The Hall–Kier alpha value is -2.41. The Morgan fingerprint density at radius 2 is 2.07 bits per heavy atom. The van der Waals surface area contributed by atoms with Gasteiger partial charge in [0, 0.05) is 50.7 Å². The minimum absolute atomic E-state index is 0.0190. The molecule has 2 aliphatic heterocycles.